The molecule has 0 N–H and O–H groups in total. The summed E-state index contributed by atoms with van der Waals surface area (Å²) in [6, 6.07) is 2.07. The zero-order valence-corrected chi connectivity index (χ0v) is 14.1. The van der Waals surface area contributed by atoms with Gasteiger partial charge in [-0.3, -0.25) is 0 Å². The van der Waals surface area contributed by atoms with E-state index in [0.29, 0.717) is 0 Å². The van der Waals surface area contributed by atoms with Gasteiger partial charge >= 0.3 is 112 Å². The minimum atomic E-state index is -2.21. The number of aliphatic imine (C=N–C) groups is 1. The Balaban J connectivity index is 3.35. The maximum atomic E-state index is 6.21. The summed E-state index contributed by atoms with van der Waals surface area (Å²) in [6.07, 6.45) is 5.10. The van der Waals surface area contributed by atoms with Crippen LogP contribution in [0.15, 0.2) is 36.1 Å². The second-order valence-corrected chi connectivity index (χ2v) is 19.6. The second kappa shape index (κ2) is 5.82. The third kappa shape index (κ3) is 3.68. The zero-order valence-electron chi connectivity index (χ0n) is 10.5. The van der Waals surface area contributed by atoms with Crippen LogP contribution in [0.25, 0.3) is 5.57 Å². The van der Waals surface area contributed by atoms with E-state index in [-0.39, 0.29) is 0 Å². The molecule has 1 rings (SSSR count). The first-order valence-electron chi connectivity index (χ1n) is 5.35. The summed E-state index contributed by atoms with van der Waals surface area (Å²) in [6.45, 7) is 7.21. The van der Waals surface area contributed by atoms with E-state index in [1.54, 1.807) is 18.5 Å². The molecule has 4 heteroatoms. The molecule has 1 aromatic rings. The van der Waals surface area contributed by atoms with Gasteiger partial charge in [0.25, 0.3) is 0 Å². The average molecular weight is 355 g/mol. The topological polar surface area (TPSA) is 25.2 Å². The summed E-state index contributed by atoms with van der Waals surface area (Å²) in [5.41, 5.74) is 1.73. The molecule has 0 aliphatic rings. The Morgan fingerprint density at radius 2 is 2.12 bits per heavy atom. The van der Waals surface area contributed by atoms with Crippen LogP contribution in [-0.4, -0.2) is 30.1 Å². The van der Waals surface area contributed by atoms with Crippen LogP contribution in [0, 0.1) is 0 Å². The van der Waals surface area contributed by atoms with Crippen molar-refractivity contribution in [2.75, 3.05) is 0 Å². The minimum absolute atomic E-state index is 0.770. The fourth-order valence-electron chi connectivity index (χ4n) is 1.49. The Kier molecular flexibility index (Phi) is 4.95. The van der Waals surface area contributed by atoms with E-state index in [0.717, 1.165) is 16.3 Å². The fourth-order valence-corrected chi connectivity index (χ4v) is 7.35. The van der Waals surface area contributed by atoms with Gasteiger partial charge in [-0.15, -0.1) is 0 Å². The van der Waals surface area contributed by atoms with Gasteiger partial charge in [-0.2, -0.15) is 0 Å². The van der Waals surface area contributed by atoms with Crippen LogP contribution < -0.4 is 3.58 Å². The molecule has 0 amide bonds. The fraction of sp³-hybridized carbons (Fsp3) is 0.231. The van der Waals surface area contributed by atoms with E-state index in [1.807, 2.05) is 0 Å². The average Bonchev–Trinajstić information content (AvgIpc) is 2.25. The number of nitrogens with zero attached hydrogens (tertiary/aromatic N) is 2. The monoisotopic (exact) mass is 356 g/mol. The molecule has 0 saturated carbocycles. The van der Waals surface area contributed by atoms with Crippen molar-refractivity contribution in [1.29, 1.82) is 0 Å². The Labute approximate surface area is 112 Å². The number of hydrogen-bond donors (Lipinski definition) is 0. The summed E-state index contributed by atoms with van der Waals surface area (Å²) in [5, 5.41) is 0.770. The number of hydrogen-bond acceptors (Lipinski definition) is 2. The van der Waals surface area contributed by atoms with Crippen molar-refractivity contribution in [2.45, 2.75) is 14.8 Å². The van der Waals surface area contributed by atoms with Crippen molar-refractivity contribution in [2.24, 2.45) is 4.99 Å². The number of pyridine rings is 1. The second-order valence-electron chi connectivity index (χ2n) is 4.77. The predicted octanol–water partition coefficient (Wildman–Crippen LogP) is 3.51. The number of rotatable bonds is 4. The molecule has 0 aliphatic heterocycles. The molecule has 0 atom stereocenters. The van der Waals surface area contributed by atoms with Crippen LogP contribution in [0.3, 0.4) is 0 Å². The van der Waals surface area contributed by atoms with Crippen LogP contribution >= 0.6 is 11.6 Å². The van der Waals surface area contributed by atoms with Crippen LogP contribution in [0.4, 0.5) is 0 Å². The first kappa shape index (κ1) is 14.4. The third-order valence-corrected chi connectivity index (χ3v) is 8.96. The summed E-state index contributed by atoms with van der Waals surface area (Å²) < 4.78 is 1.27. The summed E-state index contributed by atoms with van der Waals surface area (Å²) >= 11 is 4.00. The van der Waals surface area contributed by atoms with Crippen LogP contribution in [0.1, 0.15) is 5.69 Å². The normalized spacial score (nSPS) is 12.4. The van der Waals surface area contributed by atoms with Gasteiger partial charge in [0, 0.05) is 0 Å². The van der Waals surface area contributed by atoms with Crippen LogP contribution in [0.2, 0.25) is 19.8 Å². The predicted molar refractivity (Wildman–Crippen MR) is 80.0 cm³/mol. The summed E-state index contributed by atoms with van der Waals surface area (Å²) in [5.74, 6) is 0. The molecule has 0 aliphatic carbocycles. The van der Waals surface area contributed by atoms with Crippen LogP contribution in [0.5, 0.6) is 0 Å². The molecule has 90 valence electrons. The Morgan fingerprint density at radius 3 is 2.59 bits per heavy atom. The van der Waals surface area contributed by atoms with Gasteiger partial charge in [-0.05, 0) is 0 Å². The Hall–Kier alpha value is -0.611. The van der Waals surface area contributed by atoms with Crippen molar-refractivity contribution in [1.82, 2.24) is 4.98 Å². The van der Waals surface area contributed by atoms with E-state index >= 15 is 0 Å². The van der Waals surface area contributed by atoms with Gasteiger partial charge < -0.3 is 0 Å². The van der Waals surface area contributed by atoms with Gasteiger partial charge in [0.2, 0.25) is 0 Å². The first-order valence-corrected chi connectivity index (χ1v) is 15.7. The van der Waals surface area contributed by atoms with Crippen molar-refractivity contribution < 1.29 is 0 Å². The first-order chi connectivity index (χ1) is 7.90. The van der Waals surface area contributed by atoms with Gasteiger partial charge in [0.05, 0.1) is 0 Å². The van der Waals surface area contributed by atoms with Crippen molar-refractivity contribution in [3.8, 4) is 0 Å². The van der Waals surface area contributed by atoms with E-state index < -0.39 is 18.4 Å². The summed E-state index contributed by atoms with van der Waals surface area (Å²) in [4.78, 5) is 15.0. The standard InChI is InChI=1S/C10H8ClN2.3CH3.Sn/c1-3-8(6-12-2)10-5-4-9(11)7-13-10;;;;/h3,5-7H,1-2H2;3*1H3;/b8-6+;;;;. The molecule has 0 spiro atoms. The molecule has 0 radical (unpaired) electrons. The molecule has 1 heterocycles. The number of halogens is 1. The SMILES string of the molecule is C=C/C(=C\N=C)c1c[c]([Sn]([CH3])([CH3])[CH3])c(Cl)cn1. The molecule has 2 nitrogen and oxygen atoms in total. The van der Waals surface area contributed by atoms with Gasteiger partial charge in [-0.25, -0.2) is 0 Å². The van der Waals surface area contributed by atoms with E-state index in [2.05, 4.69) is 44.2 Å². The van der Waals surface area contributed by atoms with Crippen molar-refractivity contribution in [3.05, 3.63) is 41.8 Å². The van der Waals surface area contributed by atoms with Crippen molar-refractivity contribution >= 4 is 45.8 Å². The summed E-state index contributed by atoms with van der Waals surface area (Å²) in [7, 11) is 0. The zero-order chi connectivity index (χ0) is 13.1. The molecule has 0 aromatic carbocycles. The third-order valence-electron chi connectivity index (χ3n) is 2.41. The van der Waals surface area contributed by atoms with Gasteiger partial charge in [0.15, 0.2) is 0 Å². The molecule has 0 bridgehead atoms. The quantitative estimate of drug-likeness (QED) is 0.461. The maximum absolute atomic E-state index is 6.21. The Morgan fingerprint density at radius 1 is 1.47 bits per heavy atom. The van der Waals surface area contributed by atoms with Crippen LogP contribution in [-0.2, 0) is 0 Å². The van der Waals surface area contributed by atoms with Gasteiger partial charge in [-0.1, -0.05) is 0 Å². The number of allylic oxidation sites excluding steroid dienone is 2. The number of aromatic nitrogens is 1. The molecule has 1 aromatic heterocycles. The van der Waals surface area contributed by atoms with Crippen molar-refractivity contribution in [3.63, 3.8) is 0 Å². The van der Waals surface area contributed by atoms with E-state index in [4.69, 9.17) is 11.6 Å². The van der Waals surface area contributed by atoms with E-state index in [9.17, 15) is 0 Å². The molecule has 17 heavy (non-hydrogen) atoms. The molecule has 0 unspecified atom stereocenters. The molecular formula is C13H17ClN2Sn. The molecule has 0 saturated heterocycles. The molecule has 0 fully saturated rings. The van der Waals surface area contributed by atoms with Gasteiger partial charge in [0.1, 0.15) is 0 Å². The Bertz CT molecular complexity index is 473. The molecular weight excluding hydrogens is 338 g/mol. The van der Waals surface area contributed by atoms with E-state index in [1.165, 1.54) is 3.58 Å².